The summed E-state index contributed by atoms with van der Waals surface area (Å²) in [5.41, 5.74) is 1.97. The van der Waals surface area contributed by atoms with Crippen molar-refractivity contribution in [2.45, 2.75) is 33.3 Å². The SMILES string of the molecule is CC(C)CN(CCC#N)c1ccc([C@H](C)O)cc1Br. The molecule has 3 nitrogen and oxygen atoms in total. The van der Waals surface area contributed by atoms with Crippen LogP contribution >= 0.6 is 15.9 Å². The Hall–Kier alpha value is -1.05. The molecule has 0 aromatic heterocycles. The fourth-order valence-electron chi connectivity index (χ4n) is 1.98. The van der Waals surface area contributed by atoms with E-state index in [1.165, 1.54) is 0 Å². The minimum Gasteiger partial charge on any atom is -0.389 e. The van der Waals surface area contributed by atoms with Crippen LogP contribution in [0.1, 0.15) is 38.9 Å². The van der Waals surface area contributed by atoms with Crippen molar-refractivity contribution in [1.82, 2.24) is 0 Å². The summed E-state index contributed by atoms with van der Waals surface area (Å²) >= 11 is 3.56. The van der Waals surface area contributed by atoms with E-state index < -0.39 is 6.10 Å². The number of hydrogen-bond donors (Lipinski definition) is 1. The number of aliphatic hydroxyl groups is 1. The first-order chi connectivity index (χ1) is 8.95. The van der Waals surface area contributed by atoms with Crippen molar-refractivity contribution >= 4 is 21.6 Å². The molecule has 1 aromatic carbocycles. The number of nitrogens with zero attached hydrogens (tertiary/aromatic N) is 2. The second-order valence-electron chi connectivity index (χ2n) is 5.13. The van der Waals surface area contributed by atoms with Crippen LogP contribution in [-0.2, 0) is 0 Å². The van der Waals surface area contributed by atoms with E-state index in [2.05, 4.69) is 40.7 Å². The number of nitriles is 1. The van der Waals surface area contributed by atoms with Gasteiger partial charge in [-0.25, -0.2) is 0 Å². The third-order valence-corrected chi connectivity index (χ3v) is 3.51. The molecule has 0 aliphatic carbocycles. The molecule has 4 heteroatoms. The fraction of sp³-hybridized carbons (Fsp3) is 0.533. The highest BCUT2D eigenvalue weighted by molar-refractivity contribution is 9.10. The van der Waals surface area contributed by atoms with Crippen LogP contribution in [0.2, 0.25) is 0 Å². The Morgan fingerprint density at radius 2 is 2.05 bits per heavy atom. The molecule has 0 aliphatic heterocycles. The molecule has 0 radical (unpaired) electrons. The van der Waals surface area contributed by atoms with Gasteiger partial charge in [0.2, 0.25) is 0 Å². The molecule has 0 saturated heterocycles. The Balaban J connectivity index is 2.98. The van der Waals surface area contributed by atoms with Gasteiger partial charge in [0, 0.05) is 17.6 Å². The van der Waals surface area contributed by atoms with Crippen molar-refractivity contribution in [2.75, 3.05) is 18.0 Å². The number of hydrogen-bond acceptors (Lipinski definition) is 3. The van der Waals surface area contributed by atoms with E-state index in [0.717, 1.165) is 28.8 Å². The largest absolute Gasteiger partial charge is 0.389 e. The molecule has 0 unspecified atom stereocenters. The summed E-state index contributed by atoms with van der Waals surface area (Å²) in [6.45, 7) is 7.72. The van der Waals surface area contributed by atoms with Crippen molar-refractivity contribution in [3.63, 3.8) is 0 Å². The zero-order chi connectivity index (χ0) is 14.4. The fourth-order valence-corrected chi connectivity index (χ4v) is 2.62. The van der Waals surface area contributed by atoms with Crippen molar-refractivity contribution in [3.8, 4) is 6.07 Å². The molecule has 1 rings (SSSR count). The van der Waals surface area contributed by atoms with Crippen LogP contribution < -0.4 is 4.90 Å². The van der Waals surface area contributed by atoms with Crippen molar-refractivity contribution in [1.29, 1.82) is 5.26 Å². The molecule has 0 saturated carbocycles. The Morgan fingerprint density at radius 3 is 2.53 bits per heavy atom. The van der Waals surface area contributed by atoms with Crippen molar-refractivity contribution in [3.05, 3.63) is 28.2 Å². The lowest BCUT2D eigenvalue weighted by molar-refractivity contribution is 0.199. The summed E-state index contributed by atoms with van der Waals surface area (Å²) in [5.74, 6) is 0.530. The number of benzene rings is 1. The van der Waals surface area contributed by atoms with Crippen LogP contribution in [0.15, 0.2) is 22.7 Å². The summed E-state index contributed by atoms with van der Waals surface area (Å²) in [7, 11) is 0. The van der Waals surface area contributed by atoms with E-state index in [4.69, 9.17) is 5.26 Å². The monoisotopic (exact) mass is 324 g/mol. The predicted molar refractivity (Wildman–Crippen MR) is 82.1 cm³/mol. The zero-order valence-corrected chi connectivity index (χ0v) is 13.3. The molecular weight excluding hydrogens is 304 g/mol. The standard InChI is InChI=1S/C15H21BrN2O/c1-11(2)10-18(8-4-7-17)15-6-5-13(12(3)19)9-14(15)16/h5-6,9,11-12,19H,4,8,10H2,1-3H3/t12-/m0/s1. The van der Waals surface area contributed by atoms with Crippen molar-refractivity contribution in [2.24, 2.45) is 5.92 Å². The van der Waals surface area contributed by atoms with Gasteiger partial charge in [0.15, 0.2) is 0 Å². The average Bonchev–Trinajstić information content (AvgIpc) is 2.34. The Kier molecular flexibility index (Phi) is 6.33. The Morgan fingerprint density at radius 1 is 1.37 bits per heavy atom. The van der Waals surface area contributed by atoms with E-state index in [-0.39, 0.29) is 0 Å². The van der Waals surface area contributed by atoms with Crippen LogP contribution in [0.3, 0.4) is 0 Å². The summed E-state index contributed by atoms with van der Waals surface area (Å²) in [6, 6.07) is 8.08. The number of rotatable bonds is 6. The molecule has 1 N–H and O–H groups in total. The predicted octanol–water partition coefficient (Wildman–Crippen LogP) is 3.88. The maximum atomic E-state index is 9.59. The summed E-state index contributed by atoms with van der Waals surface area (Å²) < 4.78 is 0.962. The zero-order valence-electron chi connectivity index (χ0n) is 11.7. The topological polar surface area (TPSA) is 47.3 Å². The third kappa shape index (κ3) is 4.85. The van der Waals surface area contributed by atoms with Crippen LogP contribution in [-0.4, -0.2) is 18.2 Å². The van der Waals surface area contributed by atoms with Crippen LogP contribution in [0, 0.1) is 17.2 Å². The normalized spacial score (nSPS) is 12.3. The van der Waals surface area contributed by atoms with Crippen LogP contribution in [0.5, 0.6) is 0 Å². The van der Waals surface area contributed by atoms with Gasteiger partial charge in [-0.05, 0) is 46.5 Å². The lowest BCUT2D eigenvalue weighted by Crippen LogP contribution is -2.28. The molecule has 1 aromatic rings. The van der Waals surface area contributed by atoms with Gasteiger partial charge in [-0.3, -0.25) is 0 Å². The molecular formula is C15H21BrN2O. The lowest BCUT2D eigenvalue weighted by atomic mass is 10.1. The molecule has 0 spiro atoms. The van der Waals surface area contributed by atoms with Gasteiger partial charge in [0.1, 0.15) is 0 Å². The van der Waals surface area contributed by atoms with Gasteiger partial charge >= 0.3 is 0 Å². The first-order valence-electron chi connectivity index (χ1n) is 6.55. The minimum absolute atomic E-state index is 0.469. The molecule has 0 heterocycles. The van der Waals surface area contributed by atoms with Gasteiger partial charge < -0.3 is 10.0 Å². The van der Waals surface area contributed by atoms with E-state index in [1.807, 2.05) is 18.2 Å². The third-order valence-electron chi connectivity index (χ3n) is 2.87. The van der Waals surface area contributed by atoms with E-state index in [9.17, 15) is 5.11 Å². The molecule has 1 atom stereocenters. The second kappa shape index (κ2) is 7.52. The molecule has 0 fully saturated rings. The summed E-state index contributed by atoms with van der Waals surface area (Å²) in [5, 5.41) is 18.3. The van der Waals surface area contributed by atoms with E-state index in [1.54, 1.807) is 6.92 Å². The Bertz CT molecular complexity index is 452. The van der Waals surface area contributed by atoms with E-state index in [0.29, 0.717) is 12.3 Å². The minimum atomic E-state index is -0.469. The highest BCUT2D eigenvalue weighted by atomic mass is 79.9. The summed E-state index contributed by atoms with van der Waals surface area (Å²) in [4.78, 5) is 2.21. The van der Waals surface area contributed by atoms with Gasteiger partial charge in [-0.2, -0.15) is 5.26 Å². The molecule has 19 heavy (non-hydrogen) atoms. The molecule has 104 valence electrons. The maximum Gasteiger partial charge on any atom is 0.0762 e. The average molecular weight is 325 g/mol. The first kappa shape index (κ1) is 16.0. The summed E-state index contributed by atoms with van der Waals surface area (Å²) in [6.07, 6.45) is 0.0418. The molecule has 0 amide bonds. The quantitative estimate of drug-likeness (QED) is 0.863. The smallest absolute Gasteiger partial charge is 0.0762 e. The van der Waals surface area contributed by atoms with E-state index >= 15 is 0 Å². The molecule has 0 aliphatic rings. The second-order valence-corrected chi connectivity index (χ2v) is 5.99. The lowest BCUT2D eigenvalue weighted by Gasteiger charge is -2.27. The first-order valence-corrected chi connectivity index (χ1v) is 7.34. The van der Waals surface area contributed by atoms with Gasteiger partial charge in [0.05, 0.1) is 24.3 Å². The number of halogens is 1. The van der Waals surface area contributed by atoms with Gasteiger partial charge in [-0.15, -0.1) is 0 Å². The van der Waals surface area contributed by atoms with Crippen LogP contribution in [0.4, 0.5) is 5.69 Å². The van der Waals surface area contributed by atoms with Gasteiger partial charge in [0.25, 0.3) is 0 Å². The number of anilines is 1. The Labute approximate surface area is 124 Å². The van der Waals surface area contributed by atoms with Gasteiger partial charge in [-0.1, -0.05) is 19.9 Å². The van der Waals surface area contributed by atoms with Crippen molar-refractivity contribution < 1.29 is 5.11 Å². The molecule has 0 bridgehead atoms. The highest BCUT2D eigenvalue weighted by Crippen LogP contribution is 2.30. The maximum absolute atomic E-state index is 9.59. The highest BCUT2D eigenvalue weighted by Gasteiger charge is 2.13. The number of aliphatic hydroxyl groups excluding tert-OH is 1. The van der Waals surface area contributed by atoms with Crippen LogP contribution in [0.25, 0.3) is 0 Å².